The number of nitrogens with one attached hydrogen (secondary N) is 1. The van der Waals surface area contributed by atoms with E-state index in [-0.39, 0.29) is 22.5 Å². The summed E-state index contributed by atoms with van der Waals surface area (Å²) in [7, 11) is 1.54. The van der Waals surface area contributed by atoms with Crippen LogP contribution in [0.25, 0.3) is 0 Å². The number of carbonyl (C=O) groups is 1. The van der Waals surface area contributed by atoms with Gasteiger partial charge in [-0.3, -0.25) is 14.6 Å². The number of rotatable bonds is 3. The summed E-state index contributed by atoms with van der Waals surface area (Å²) in [5.41, 5.74) is 0.574. The second-order valence-electron chi connectivity index (χ2n) is 5.40. The van der Waals surface area contributed by atoms with Crippen molar-refractivity contribution in [2.45, 2.75) is 12.5 Å². The standard InChI is InChI=1S/C15H16ClN5O2/c1-20-15(23)13(16)12(8-18-20)19-10-5-7-21(9-10)14(22)11-4-2-3-6-17-11/h2-4,6,8,10,19H,5,7,9H2,1H3/t10-/m1/s1. The van der Waals surface area contributed by atoms with E-state index in [1.807, 2.05) is 0 Å². The minimum absolute atomic E-state index is 0.0223. The minimum Gasteiger partial charge on any atom is -0.378 e. The van der Waals surface area contributed by atoms with Crippen molar-refractivity contribution >= 4 is 23.2 Å². The molecule has 1 aliphatic heterocycles. The van der Waals surface area contributed by atoms with E-state index in [0.29, 0.717) is 24.5 Å². The number of carbonyl (C=O) groups excluding carboxylic acids is 1. The molecule has 0 unspecified atom stereocenters. The molecule has 1 saturated heterocycles. The Morgan fingerprint density at radius 2 is 2.26 bits per heavy atom. The van der Waals surface area contributed by atoms with E-state index in [4.69, 9.17) is 11.6 Å². The number of anilines is 1. The van der Waals surface area contributed by atoms with Crippen molar-refractivity contribution in [3.63, 3.8) is 0 Å². The van der Waals surface area contributed by atoms with Gasteiger partial charge in [-0.1, -0.05) is 17.7 Å². The van der Waals surface area contributed by atoms with Gasteiger partial charge in [-0.25, -0.2) is 4.68 Å². The molecule has 0 spiro atoms. The number of aryl methyl sites for hydroxylation is 1. The number of amides is 1. The van der Waals surface area contributed by atoms with E-state index in [0.717, 1.165) is 6.42 Å². The predicted molar refractivity (Wildman–Crippen MR) is 86.7 cm³/mol. The summed E-state index contributed by atoms with van der Waals surface area (Å²) in [4.78, 5) is 30.0. The van der Waals surface area contributed by atoms with Crippen molar-refractivity contribution in [3.05, 3.63) is 51.7 Å². The quantitative estimate of drug-likeness (QED) is 0.911. The summed E-state index contributed by atoms with van der Waals surface area (Å²) in [5, 5.41) is 7.25. The molecule has 1 amide bonds. The third-order valence-corrected chi connectivity index (χ3v) is 4.16. The molecule has 2 aromatic rings. The number of nitrogens with zero attached hydrogens (tertiary/aromatic N) is 4. The molecular weight excluding hydrogens is 318 g/mol. The van der Waals surface area contributed by atoms with Gasteiger partial charge in [-0.2, -0.15) is 5.10 Å². The lowest BCUT2D eigenvalue weighted by atomic mass is 10.2. The predicted octanol–water partition coefficient (Wildman–Crippen LogP) is 1.16. The summed E-state index contributed by atoms with van der Waals surface area (Å²) in [6.45, 7) is 1.16. The van der Waals surface area contributed by atoms with Crippen LogP contribution < -0.4 is 10.9 Å². The molecule has 1 fully saturated rings. The first-order valence-corrected chi connectivity index (χ1v) is 7.62. The molecule has 8 heteroatoms. The maximum atomic E-state index is 12.4. The van der Waals surface area contributed by atoms with E-state index in [1.54, 1.807) is 36.3 Å². The van der Waals surface area contributed by atoms with Crippen molar-refractivity contribution in [3.8, 4) is 0 Å². The molecule has 23 heavy (non-hydrogen) atoms. The highest BCUT2D eigenvalue weighted by atomic mass is 35.5. The number of hydrogen-bond acceptors (Lipinski definition) is 5. The highest BCUT2D eigenvalue weighted by Crippen LogP contribution is 2.20. The van der Waals surface area contributed by atoms with Gasteiger partial charge in [0.1, 0.15) is 10.7 Å². The molecule has 1 atom stereocenters. The zero-order valence-electron chi connectivity index (χ0n) is 12.6. The van der Waals surface area contributed by atoms with E-state index in [2.05, 4.69) is 15.4 Å². The Kier molecular flexibility index (Phi) is 4.29. The second kappa shape index (κ2) is 6.37. The lowest BCUT2D eigenvalue weighted by Gasteiger charge is -2.17. The van der Waals surface area contributed by atoms with Crippen LogP contribution in [0.1, 0.15) is 16.9 Å². The average molecular weight is 334 g/mol. The number of likely N-dealkylation sites (tertiary alicyclic amines) is 1. The van der Waals surface area contributed by atoms with E-state index >= 15 is 0 Å². The molecular formula is C15H16ClN5O2. The number of aromatic nitrogens is 3. The third kappa shape index (κ3) is 3.19. The molecule has 0 bridgehead atoms. The first kappa shape index (κ1) is 15.5. The van der Waals surface area contributed by atoms with Gasteiger partial charge in [0.2, 0.25) is 0 Å². The third-order valence-electron chi connectivity index (χ3n) is 3.80. The molecule has 1 N–H and O–H groups in total. The van der Waals surface area contributed by atoms with Crippen LogP contribution in [0.2, 0.25) is 5.02 Å². The van der Waals surface area contributed by atoms with E-state index in [9.17, 15) is 9.59 Å². The molecule has 3 heterocycles. The summed E-state index contributed by atoms with van der Waals surface area (Å²) in [6.07, 6.45) is 3.89. The fraction of sp³-hybridized carbons (Fsp3) is 0.333. The Morgan fingerprint density at radius 3 is 3.00 bits per heavy atom. The van der Waals surface area contributed by atoms with E-state index < -0.39 is 0 Å². The van der Waals surface area contributed by atoms with Crippen LogP contribution in [-0.4, -0.2) is 44.7 Å². The van der Waals surface area contributed by atoms with Crippen molar-refractivity contribution in [1.82, 2.24) is 19.7 Å². The molecule has 120 valence electrons. The topological polar surface area (TPSA) is 80.1 Å². The van der Waals surface area contributed by atoms with Crippen molar-refractivity contribution in [2.75, 3.05) is 18.4 Å². The molecule has 7 nitrogen and oxygen atoms in total. The average Bonchev–Trinajstić information content (AvgIpc) is 3.04. The Morgan fingerprint density at radius 1 is 1.43 bits per heavy atom. The Bertz CT molecular complexity index is 777. The molecule has 3 rings (SSSR count). The van der Waals surface area contributed by atoms with Crippen LogP contribution in [0.4, 0.5) is 5.69 Å². The van der Waals surface area contributed by atoms with Gasteiger partial charge in [0.15, 0.2) is 0 Å². The van der Waals surface area contributed by atoms with Gasteiger partial charge >= 0.3 is 0 Å². The Balaban J connectivity index is 1.68. The molecule has 0 saturated carbocycles. The van der Waals surface area contributed by atoms with Crippen LogP contribution in [0, 0.1) is 0 Å². The van der Waals surface area contributed by atoms with Crippen LogP contribution in [0.5, 0.6) is 0 Å². The van der Waals surface area contributed by atoms with Gasteiger partial charge in [0.05, 0.1) is 11.9 Å². The highest BCUT2D eigenvalue weighted by Gasteiger charge is 2.28. The zero-order chi connectivity index (χ0) is 16.4. The largest absolute Gasteiger partial charge is 0.378 e. The monoisotopic (exact) mass is 333 g/mol. The number of halogens is 1. The molecule has 2 aromatic heterocycles. The Hall–Kier alpha value is -2.41. The van der Waals surface area contributed by atoms with Gasteiger partial charge in [0, 0.05) is 32.4 Å². The van der Waals surface area contributed by atoms with Crippen LogP contribution in [0.15, 0.2) is 35.4 Å². The normalized spacial score (nSPS) is 17.3. The van der Waals surface area contributed by atoms with Crippen LogP contribution in [0.3, 0.4) is 0 Å². The number of pyridine rings is 1. The zero-order valence-corrected chi connectivity index (χ0v) is 13.3. The summed E-state index contributed by atoms with van der Waals surface area (Å²) < 4.78 is 1.18. The second-order valence-corrected chi connectivity index (χ2v) is 5.78. The maximum absolute atomic E-state index is 12.4. The molecule has 0 aliphatic carbocycles. The van der Waals surface area contributed by atoms with Crippen LogP contribution in [-0.2, 0) is 7.05 Å². The molecule has 0 radical (unpaired) electrons. The Labute approximate surface area is 137 Å². The first-order chi connectivity index (χ1) is 11.1. The summed E-state index contributed by atoms with van der Waals surface area (Å²) in [6, 6.07) is 5.28. The maximum Gasteiger partial charge on any atom is 0.287 e. The van der Waals surface area contributed by atoms with Gasteiger partial charge < -0.3 is 10.2 Å². The summed E-state index contributed by atoms with van der Waals surface area (Å²) >= 11 is 6.05. The fourth-order valence-electron chi connectivity index (χ4n) is 2.55. The molecule has 1 aliphatic rings. The smallest absolute Gasteiger partial charge is 0.287 e. The fourth-order valence-corrected chi connectivity index (χ4v) is 2.77. The lowest BCUT2D eigenvalue weighted by molar-refractivity contribution is 0.0786. The minimum atomic E-state index is -0.351. The van der Waals surface area contributed by atoms with Gasteiger partial charge in [-0.05, 0) is 18.6 Å². The lowest BCUT2D eigenvalue weighted by Crippen LogP contribution is -2.32. The van der Waals surface area contributed by atoms with Crippen molar-refractivity contribution in [2.24, 2.45) is 7.05 Å². The highest BCUT2D eigenvalue weighted by molar-refractivity contribution is 6.32. The van der Waals surface area contributed by atoms with Gasteiger partial charge in [0.25, 0.3) is 11.5 Å². The van der Waals surface area contributed by atoms with Crippen molar-refractivity contribution < 1.29 is 4.79 Å². The SMILES string of the molecule is Cn1ncc(N[C@@H]2CCN(C(=O)c3ccccn3)C2)c(Cl)c1=O. The first-order valence-electron chi connectivity index (χ1n) is 7.25. The van der Waals surface area contributed by atoms with Crippen molar-refractivity contribution in [1.29, 1.82) is 0 Å². The van der Waals surface area contributed by atoms with Crippen LogP contribution >= 0.6 is 11.6 Å². The number of hydrogen-bond donors (Lipinski definition) is 1. The molecule has 0 aromatic carbocycles. The van der Waals surface area contributed by atoms with Gasteiger partial charge in [-0.15, -0.1) is 0 Å². The summed E-state index contributed by atoms with van der Waals surface area (Å²) in [5.74, 6) is -0.0944. The van der Waals surface area contributed by atoms with E-state index in [1.165, 1.54) is 10.9 Å².